The molecule has 118 valence electrons. The van der Waals surface area contributed by atoms with Gasteiger partial charge in [0, 0.05) is 22.6 Å². The average Bonchev–Trinajstić information content (AvgIpc) is 2.63. The van der Waals surface area contributed by atoms with Crippen molar-refractivity contribution in [2.75, 3.05) is 5.32 Å². The summed E-state index contributed by atoms with van der Waals surface area (Å²) in [6, 6.07) is 7.36. The van der Waals surface area contributed by atoms with Crippen molar-refractivity contribution < 1.29 is 0 Å². The second-order valence-corrected chi connectivity index (χ2v) is 9.25. The van der Waals surface area contributed by atoms with Crippen LogP contribution in [0.3, 0.4) is 0 Å². The van der Waals surface area contributed by atoms with Crippen LogP contribution in [0.4, 0.5) is 5.69 Å². The van der Waals surface area contributed by atoms with E-state index in [9.17, 15) is 0 Å². The van der Waals surface area contributed by atoms with Gasteiger partial charge in [-0.05, 0) is 42.2 Å². The fraction of sp³-hybridized carbons (Fsp3) is 0.619. The zero-order chi connectivity index (χ0) is 15.9. The second-order valence-electron chi connectivity index (χ2n) is 9.25. The van der Waals surface area contributed by atoms with Crippen LogP contribution in [0.5, 0.6) is 0 Å². The molecule has 4 rings (SSSR count). The van der Waals surface area contributed by atoms with Crippen molar-refractivity contribution in [3.05, 3.63) is 41.0 Å². The Morgan fingerprint density at radius 2 is 1.82 bits per heavy atom. The molecule has 0 bridgehead atoms. The molecule has 2 aliphatic carbocycles. The predicted octanol–water partition coefficient (Wildman–Crippen LogP) is 5.67. The van der Waals surface area contributed by atoms with Crippen molar-refractivity contribution in [2.24, 2.45) is 16.2 Å². The number of benzene rings is 1. The first-order valence-corrected chi connectivity index (χ1v) is 8.78. The normalized spacial score (nSPS) is 36.9. The van der Waals surface area contributed by atoms with Crippen LogP contribution in [0, 0.1) is 23.2 Å². The summed E-state index contributed by atoms with van der Waals surface area (Å²) in [6.07, 6.45) is 5.22. The van der Waals surface area contributed by atoms with E-state index in [2.05, 4.69) is 71.1 Å². The van der Waals surface area contributed by atoms with E-state index < -0.39 is 0 Å². The van der Waals surface area contributed by atoms with Crippen LogP contribution < -0.4 is 5.32 Å². The fourth-order valence-corrected chi connectivity index (χ4v) is 5.93. The zero-order valence-corrected chi connectivity index (χ0v) is 14.9. The van der Waals surface area contributed by atoms with E-state index in [0.29, 0.717) is 17.4 Å². The van der Waals surface area contributed by atoms with E-state index in [1.807, 2.05) is 0 Å². The first-order chi connectivity index (χ1) is 10.2. The minimum absolute atomic E-state index is 0.212. The molecule has 22 heavy (non-hydrogen) atoms. The Hall–Kier alpha value is -1.24. The molecule has 1 aliphatic heterocycles. The summed E-state index contributed by atoms with van der Waals surface area (Å²) in [4.78, 5) is 0. The Labute approximate surface area is 135 Å². The number of fused-ring (bicyclic) bond motifs is 2. The van der Waals surface area contributed by atoms with Crippen molar-refractivity contribution in [3.63, 3.8) is 0 Å². The van der Waals surface area contributed by atoms with Gasteiger partial charge in [-0.25, -0.2) is 0 Å². The molecule has 1 fully saturated rings. The van der Waals surface area contributed by atoms with Crippen LogP contribution >= 0.6 is 0 Å². The summed E-state index contributed by atoms with van der Waals surface area (Å²) in [5, 5.41) is 3.97. The summed E-state index contributed by atoms with van der Waals surface area (Å²) in [5.41, 5.74) is 6.87. The van der Waals surface area contributed by atoms with Crippen molar-refractivity contribution >= 4 is 5.69 Å². The molecule has 1 heterocycles. The van der Waals surface area contributed by atoms with Gasteiger partial charge in [0.25, 0.3) is 0 Å². The molecular formula is C21H29N. The Kier molecular flexibility index (Phi) is 2.60. The molecule has 1 aromatic rings. The number of para-hydroxylation sites is 1. The number of nitrogens with one attached hydrogen (secondary N) is 1. The highest BCUT2D eigenvalue weighted by Gasteiger charge is 2.61. The van der Waals surface area contributed by atoms with Crippen molar-refractivity contribution in [1.29, 1.82) is 0 Å². The lowest BCUT2D eigenvalue weighted by atomic mass is 9.52. The third-order valence-electron chi connectivity index (χ3n) is 6.92. The number of aryl methyl sites for hydroxylation is 1. The lowest BCUT2D eigenvalue weighted by Gasteiger charge is -2.56. The highest BCUT2D eigenvalue weighted by Crippen LogP contribution is 2.68. The van der Waals surface area contributed by atoms with Crippen LogP contribution in [-0.2, 0) is 0 Å². The third-order valence-corrected chi connectivity index (χ3v) is 6.92. The molecule has 0 radical (unpaired) electrons. The standard InChI is InChI=1S/C21H29N/c1-13-8-7-9-14-15-10-11-19(2,3)16-12-20(4,5)18(21(15,16)6)22-17(13)14/h7-9,12,15,18,22H,10-11H2,1-6H3/t15-,18+,21+/m0/s1. The van der Waals surface area contributed by atoms with Crippen LogP contribution in [0.1, 0.15) is 64.5 Å². The molecule has 1 N–H and O–H groups in total. The monoisotopic (exact) mass is 295 g/mol. The van der Waals surface area contributed by atoms with Crippen molar-refractivity contribution in [3.8, 4) is 0 Å². The largest absolute Gasteiger partial charge is 0.380 e. The summed E-state index contributed by atoms with van der Waals surface area (Å²) in [7, 11) is 0. The first-order valence-electron chi connectivity index (χ1n) is 8.78. The highest BCUT2D eigenvalue weighted by molar-refractivity contribution is 5.65. The highest BCUT2D eigenvalue weighted by atomic mass is 15.0. The smallest absolute Gasteiger partial charge is 0.0443 e. The molecular weight excluding hydrogens is 266 g/mol. The van der Waals surface area contributed by atoms with E-state index in [4.69, 9.17) is 0 Å². The third kappa shape index (κ3) is 1.55. The lowest BCUT2D eigenvalue weighted by Crippen LogP contribution is -2.53. The molecule has 0 unspecified atom stereocenters. The van der Waals surface area contributed by atoms with Gasteiger partial charge in [0.2, 0.25) is 0 Å². The molecule has 1 saturated carbocycles. The maximum atomic E-state index is 3.97. The topological polar surface area (TPSA) is 12.0 Å². The number of hydrogen-bond acceptors (Lipinski definition) is 1. The molecule has 1 heteroatoms. The van der Waals surface area contributed by atoms with Gasteiger partial charge in [0.15, 0.2) is 0 Å². The molecule has 3 atom stereocenters. The maximum Gasteiger partial charge on any atom is 0.0443 e. The Morgan fingerprint density at radius 1 is 1.09 bits per heavy atom. The summed E-state index contributed by atoms with van der Waals surface area (Å²) in [5.74, 6) is 0.662. The first kappa shape index (κ1) is 14.4. The Morgan fingerprint density at radius 3 is 2.55 bits per heavy atom. The average molecular weight is 295 g/mol. The van der Waals surface area contributed by atoms with Gasteiger partial charge in [0.05, 0.1) is 0 Å². The SMILES string of the molecule is Cc1cccc2c1N[C@@H]1C(C)(C)C=C3C(C)(C)CC[C@@H]2[C@]31C. The Bertz CT molecular complexity index is 679. The number of anilines is 1. The lowest BCUT2D eigenvalue weighted by molar-refractivity contribution is 0.126. The van der Waals surface area contributed by atoms with Gasteiger partial charge in [-0.1, -0.05) is 64.5 Å². The van der Waals surface area contributed by atoms with Crippen LogP contribution in [0.15, 0.2) is 29.8 Å². The van der Waals surface area contributed by atoms with E-state index >= 15 is 0 Å². The second kappa shape index (κ2) is 3.99. The molecule has 0 saturated heterocycles. The molecule has 3 aliphatic rings. The van der Waals surface area contributed by atoms with Gasteiger partial charge in [-0.3, -0.25) is 0 Å². The predicted molar refractivity (Wildman–Crippen MR) is 94.3 cm³/mol. The van der Waals surface area contributed by atoms with Crippen molar-refractivity contribution in [1.82, 2.24) is 0 Å². The Balaban J connectivity index is 1.98. The molecule has 0 spiro atoms. The van der Waals surface area contributed by atoms with Crippen LogP contribution in [-0.4, -0.2) is 6.04 Å². The fourth-order valence-electron chi connectivity index (χ4n) is 5.93. The summed E-state index contributed by atoms with van der Waals surface area (Å²) >= 11 is 0. The van der Waals surface area contributed by atoms with Gasteiger partial charge < -0.3 is 5.32 Å². The van der Waals surface area contributed by atoms with Gasteiger partial charge in [-0.15, -0.1) is 0 Å². The van der Waals surface area contributed by atoms with Crippen LogP contribution in [0.25, 0.3) is 0 Å². The maximum absolute atomic E-state index is 3.97. The molecule has 1 aromatic carbocycles. The minimum atomic E-state index is 0.212. The van der Waals surface area contributed by atoms with Crippen molar-refractivity contribution in [2.45, 2.75) is 66.3 Å². The van der Waals surface area contributed by atoms with Crippen LogP contribution in [0.2, 0.25) is 0 Å². The number of rotatable bonds is 0. The van der Waals surface area contributed by atoms with E-state index in [1.165, 1.54) is 24.1 Å². The molecule has 0 aromatic heterocycles. The summed E-state index contributed by atoms with van der Waals surface area (Å²) < 4.78 is 0. The number of hydrogen-bond donors (Lipinski definition) is 1. The quantitative estimate of drug-likeness (QED) is 0.608. The van der Waals surface area contributed by atoms with Gasteiger partial charge in [0.1, 0.15) is 0 Å². The van der Waals surface area contributed by atoms with Gasteiger partial charge in [-0.2, -0.15) is 0 Å². The molecule has 0 amide bonds. The van der Waals surface area contributed by atoms with E-state index in [0.717, 1.165) is 0 Å². The zero-order valence-electron chi connectivity index (χ0n) is 14.9. The molecule has 1 nitrogen and oxygen atoms in total. The van der Waals surface area contributed by atoms with E-state index in [-0.39, 0.29) is 10.8 Å². The van der Waals surface area contributed by atoms with E-state index in [1.54, 1.807) is 11.1 Å². The van der Waals surface area contributed by atoms with Gasteiger partial charge >= 0.3 is 0 Å². The summed E-state index contributed by atoms with van der Waals surface area (Å²) in [6.45, 7) is 14.5. The minimum Gasteiger partial charge on any atom is -0.380 e.